The summed E-state index contributed by atoms with van der Waals surface area (Å²) >= 11 is 0. The maximum Gasteiger partial charge on any atom is 0.266 e. The summed E-state index contributed by atoms with van der Waals surface area (Å²) < 4.78 is 40.4. The van der Waals surface area contributed by atoms with Crippen LogP contribution in [-0.2, 0) is 14.8 Å². The van der Waals surface area contributed by atoms with Crippen molar-refractivity contribution in [3.63, 3.8) is 0 Å². The molecule has 1 heterocycles. The molecule has 1 aromatic carbocycles. The number of carbonyl (C=O) groups is 1. The lowest BCUT2D eigenvalue weighted by Gasteiger charge is -2.34. The lowest BCUT2D eigenvalue weighted by Crippen LogP contribution is -2.46. The summed E-state index contributed by atoms with van der Waals surface area (Å²) in [6, 6.07) is 4.13. The largest absolute Gasteiger partial charge is 0.300 e. The van der Waals surface area contributed by atoms with Gasteiger partial charge in [0.25, 0.3) is 10.0 Å². The van der Waals surface area contributed by atoms with E-state index in [0.29, 0.717) is 24.6 Å². The first-order valence-electron chi connectivity index (χ1n) is 7.77. The van der Waals surface area contributed by atoms with Gasteiger partial charge in [-0.2, -0.15) is 0 Å². The number of sulfonamides is 1. The first-order chi connectivity index (χ1) is 10.7. The van der Waals surface area contributed by atoms with Gasteiger partial charge in [0, 0.05) is 12.6 Å². The normalized spacial score (nSPS) is 19.8. The molecule has 128 valence electrons. The van der Waals surface area contributed by atoms with E-state index in [1.54, 1.807) is 6.92 Å². The molecule has 5 nitrogen and oxygen atoms in total. The Morgan fingerprint density at radius 2 is 2.09 bits per heavy atom. The summed E-state index contributed by atoms with van der Waals surface area (Å²) in [5.41, 5.74) is 0.618. The van der Waals surface area contributed by atoms with Crippen LogP contribution in [0.4, 0.5) is 4.39 Å². The molecule has 1 fully saturated rings. The molecule has 1 amide bonds. The topological polar surface area (TPSA) is 66.5 Å². The van der Waals surface area contributed by atoms with E-state index < -0.39 is 32.6 Å². The van der Waals surface area contributed by atoms with Gasteiger partial charge in [0.15, 0.2) is 0 Å². The van der Waals surface area contributed by atoms with E-state index in [1.165, 1.54) is 12.1 Å². The first-order valence-corrected chi connectivity index (χ1v) is 9.26. The molecule has 1 aliphatic heterocycles. The van der Waals surface area contributed by atoms with Gasteiger partial charge in [-0.3, -0.25) is 4.79 Å². The minimum Gasteiger partial charge on any atom is -0.300 e. The molecule has 1 aromatic rings. The summed E-state index contributed by atoms with van der Waals surface area (Å²) in [6.07, 6.45) is 1.48. The lowest BCUT2D eigenvalue weighted by molar-refractivity contribution is -0.125. The Hall–Kier alpha value is -1.47. The number of rotatable bonds is 4. The minimum absolute atomic E-state index is 0.303. The van der Waals surface area contributed by atoms with Crippen molar-refractivity contribution in [1.29, 1.82) is 0 Å². The van der Waals surface area contributed by atoms with Gasteiger partial charge in [-0.05, 0) is 57.9 Å². The van der Waals surface area contributed by atoms with E-state index in [9.17, 15) is 17.6 Å². The molecule has 0 aromatic heterocycles. The molecule has 0 aliphatic carbocycles. The third kappa shape index (κ3) is 4.29. The minimum atomic E-state index is -4.19. The number of piperidine rings is 1. The number of nitrogens with one attached hydrogen (secondary N) is 1. The molecule has 2 rings (SSSR count). The van der Waals surface area contributed by atoms with Gasteiger partial charge in [0.05, 0.1) is 5.92 Å². The predicted molar refractivity (Wildman–Crippen MR) is 85.9 cm³/mol. The van der Waals surface area contributed by atoms with Crippen LogP contribution in [0.1, 0.15) is 32.3 Å². The van der Waals surface area contributed by atoms with Crippen LogP contribution in [0.3, 0.4) is 0 Å². The zero-order valence-electron chi connectivity index (χ0n) is 13.7. The molecule has 1 atom stereocenters. The lowest BCUT2D eigenvalue weighted by atomic mass is 9.96. The van der Waals surface area contributed by atoms with Crippen molar-refractivity contribution in [2.24, 2.45) is 5.92 Å². The highest BCUT2D eigenvalue weighted by Gasteiger charge is 2.30. The second-order valence-electron chi connectivity index (χ2n) is 6.33. The van der Waals surface area contributed by atoms with Crippen LogP contribution >= 0.6 is 0 Å². The summed E-state index contributed by atoms with van der Waals surface area (Å²) in [6.45, 7) is 7.17. The third-order valence-corrected chi connectivity index (χ3v) is 5.55. The van der Waals surface area contributed by atoms with Crippen molar-refractivity contribution < 1.29 is 17.6 Å². The number of halogens is 1. The Balaban J connectivity index is 2.12. The fourth-order valence-corrected chi connectivity index (χ4v) is 3.89. The van der Waals surface area contributed by atoms with Crippen molar-refractivity contribution >= 4 is 15.9 Å². The monoisotopic (exact) mass is 342 g/mol. The van der Waals surface area contributed by atoms with Gasteiger partial charge in [-0.15, -0.1) is 0 Å². The van der Waals surface area contributed by atoms with Crippen LogP contribution in [0.5, 0.6) is 0 Å². The number of aryl methyl sites for hydroxylation is 1. The highest BCUT2D eigenvalue weighted by molar-refractivity contribution is 7.90. The molecule has 0 spiro atoms. The van der Waals surface area contributed by atoms with E-state index in [4.69, 9.17) is 0 Å². The van der Waals surface area contributed by atoms with Gasteiger partial charge in [-0.25, -0.2) is 17.5 Å². The van der Waals surface area contributed by atoms with Crippen molar-refractivity contribution in [1.82, 2.24) is 9.62 Å². The molecule has 0 bridgehead atoms. The molecule has 0 radical (unpaired) electrons. The van der Waals surface area contributed by atoms with Gasteiger partial charge in [0.1, 0.15) is 10.7 Å². The number of likely N-dealkylation sites (tertiary alicyclic amines) is 1. The maximum absolute atomic E-state index is 13.9. The van der Waals surface area contributed by atoms with Crippen molar-refractivity contribution in [3.05, 3.63) is 29.6 Å². The molecule has 1 unspecified atom stereocenters. The van der Waals surface area contributed by atoms with Crippen LogP contribution in [-0.4, -0.2) is 38.4 Å². The van der Waals surface area contributed by atoms with Gasteiger partial charge >= 0.3 is 0 Å². The van der Waals surface area contributed by atoms with Crippen molar-refractivity contribution in [2.45, 2.75) is 44.6 Å². The van der Waals surface area contributed by atoms with Crippen LogP contribution in [0, 0.1) is 18.7 Å². The van der Waals surface area contributed by atoms with E-state index in [1.807, 2.05) is 18.6 Å². The number of carbonyl (C=O) groups excluding carboxylic acids is 1. The second-order valence-corrected chi connectivity index (χ2v) is 7.98. The fourth-order valence-electron chi connectivity index (χ4n) is 2.78. The van der Waals surface area contributed by atoms with Gasteiger partial charge < -0.3 is 4.90 Å². The number of hydrogen-bond acceptors (Lipinski definition) is 4. The van der Waals surface area contributed by atoms with E-state index in [2.05, 4.69) is 4.90 Å². The van der Waals surface area contributed by atoms with Gasteiger partial charge in [-0.1, -0.05) is 6.07 Å². The van der Waals surface area contributed by atoms with E-state index in [0.717, 1.165) is 19.0 Å². The van der Waals surface area contributed by atoms with Crippen LogP contribution in [0.25, 0.3) is 0 Å². The van der Waals surface area contributed by atoms with Crippen LogP contribution in [0.15, 0.2) is 23.1 Å². The fraction of sp³-hybridized carbons (Fsp3) is 0.562. The molecule has 1 saturated heterocycles. The predicted octanol–water partition coefficient (Wildman–Crippen LogP) is 2.06. The standard InChI is InChI=1S/C16H23FN2O3S/c1-11(2)19-8-4-5-13(10-19)16(20)18-23(21,22)15-7-6-12(3)9-14(15)17/h6-7,9,11,13H,4-5,8,10H2,1-3H3,(H,18,20). The average Bonchev–Trinajstić information content (AvgIpc) is 2.46. The average molecular weight is 342 g/mol. The van der Waals surface area contributed by atoms with Crippen LogP contribution in [0.2, 0.25) is 0 Å². The highest BCUT2D eigenvalue weighted by Crippen LogP contribution is 2.20. The van der Waals surface area contributed by atoms with E-state index >= 15 is 0 Å². The summed E-state index contributed by atoms with van der Waals surface area (Å²) in [5, 5.41) is 0. The molecular weight excluding hydrogens is 319 g/mol. The highest BCUT2D eigenvalue weighted by atomic mass is 32.2. The van der Waals surface area contributed by atoms with Crippen LogP contribution < -0.4 is 4.72 Å². The quantitative estimate of drug-likeness (QED) is 0.909. The number of amides is 1. The molecule has 1 N–H and O–H groups in total. The van der Waals surface area contributed by atoms with Gasteiger partial charge in [0.2, 0.25) is 5.91 Å². The Bertz CT molecular complexity index is 689. The first kappa shape index (κ1) is 17.9. The van der Waals surface area contributed by atoms with Crippen molar-refractivity contribution in [2.75, 3.05) is 13.1 Å². The summed E-state index contributed by atoms with van der Waals surface area (Å²) in [5.74, 6) is -1.80. The Morgan fingerprint density at radius 1 is 1.39 bits per heavy atom. The zero-order valence-corrected chi connectivity index (χ0v) is 14.5. The maximum atomic E-state index is 13.9. The molecule has 23 heavy (non-hydrogen) atoms. The molecular formula is C16H23FN2O3S. The third-order valence-electron chi connectivity index (χ3n) is 4.17. The molecule has 1 aliphatic rings. The molecule has 0 saturated carbocycles. The SMILES string of the molecule is Cc1ccc(S(=O)(=O)NC(=O)C2CCCN(C(C)C)C2)c(F)c1. The molecule has 7 heteroatoms. The Morgan fingerprint density at radius 3 is 2.70 bits per heavy atom. The summed E-state index contributed by atoms with van der Waals surface area (Å²) in [4.78, 5) is 13.9. The van der Waals surface area contributed by atoms with E-state index in [-0.39, 0.29) is 0 Å². The number of benzene rings is 1. The van der Waals surface area contributed by atoms with Crippen molar-refractivity contribution in [3.8, 4) is 0 Å². The number of nitrogens with zero attached hydrogens (tertiary/aromatic N) is 1. The smallest absolute Gasteiger partial charge is 0.266 e. The Kier molecular flexibility index (Phi) is 5.41. The zero-order chi connectivity index (χ0) is 17.2. The summed E-state index contributed by atoms with van der Waals surface area (Å²) in [7, 11) is -4.19. The number of hydrogen-bond donors (Lipinski definition) is 1. The Labute approximate surface area is 136 Å². The second kappa shape index (κ2) is 6.97.